The standard InChI is InChI=1S/C16H22N2O/c1-4-15(10-14-8-6-5-7-9-14)18-13(3)16-17-11-12(2)19-16/h5-9,11,13,15,18H,4,10H2,1-3H3. The van der Waals surface area contributed by atoms with Crippen molar-refractivity contribution in [1.29, 1.82) is 0 Å². The number of benzene rings is 1. The van der Waals surface area contributed by atoms with Gasteiger partial charge in [-0.3, -0.25) is 0 Å². The maximum Gasteiger partial charge on any atom is 0.211 e. The van der Waals surface area contributed by atoms with Crippen LogP contribution < -0.4 is 5.32 Å². The Kier molecular flexibility index (Phi) is 4.74. The van der Waals surface area contributed by atoms with E-state index in [1.54, 1.807) is 6.20 Å². The van der Waals surface area contributed by atoms with E-state index in [9.17, 15) is 0 Å². The number of oxazole rings is 1. The minimum Gasteiger partial charge on any atom is -0.444 e. The van der Waals surface area contributed by atoms with E-state index in [2.05, 4.69) is 54.5 Å². The predicted molar refractivity (Wildman–Crippen MR) is 77.0 cm³/mol. The van der Waals surface area contributed by atoms with E-state index in [4.69, 9.17) is 4.42 Å². The number of nitrogens with one attached hydrogen (secondary N) is 1. The van der Waals surface area contributed by atoms with Gasteiger partial charge in [0.1, 0.15) is 5.76 Å². The molecule has 3 nitrogen and oxygen atoms in total. The number of aromatic nitrogens is 1. The Hall–Kier alpha value is -1.61. The average Bonchev–Trinajstić information content (AvgIpc) is 2.86. The highest BCUT2D eigenvalue weighted by molar-refractivity contribution is 5.16. The molecule has 2 rings (SSSR count). The molecule has 0 aliphatic carbocycles. The van der Waals surface area contributed by atoms with E-state index in [0.29, 0.717) is 6.04 Å². The van der Waals surface area contributed by atoms with E-state index in [0.717, 1.165) is 24.5 Å². The molecule has 0 spiro atoms. The van der Waals surface area contributed by atoms with Crippen molar-refractivity contribution in [3.8, 4) is 0 Å². The van der Waals surface area contributed by atoms with E-state index in [-0.39, 0.29) is 6.04 Å². The molecule has 0 aliphatic heterocycles. The van der Waals surface area contributed by atoms with Crippen molar-refractivity contribution in [2.24, 2.45) is 0 Å². The van der Waals surface area contributed by atoms with Gasteiger partial charge in [0.2, 0.25) is 5.89 Å². The number of hydrogen-bond acceptors (Lipinski definition) is 3. The van der Waals surface area contributed by atoms with E-state index in [1.807, 2.05) is 6.92 Å². The average molecular weight is 258 g/mol. The summed E-state index contributed by atoms with van der Waals surface area (Å²) >= 11 is 0. The van der Waals surface area contributed by atoms with Gasteiger partial charge < -0.3 is 9.73 Å². The molecule has 0 amide bonds. The lowest BCUT2D eigenvalue weighted by molar-refractivity contribution is 0.362. The van der Waals surface area contributed by atoms with Crippen LogP contribution in [-0.4, -0.2) is 11.0 Å². The number of rotatable bonds is 6. The molecule has 1 aromatic carbocycles. The summed E-state index contributed by atoms with van der Waals surface area (Å²) in [6.45, 7) is 6.22. The summed E-state index contributed by atoms with van der Waals surface area (Å²) in [5, 5.41) is 3.59. The van der Waals surface area contributed by atoms with Crippen LogP contribution in [0, 0.1) is 6.92 Å². The predicted octanol–water partition coefficient (Wildman–Crippen LogP) is 3.65. The van der Waals surface area contributed by atoms with Gasteiger partial charge in [-0.15, -0.1) is 0 Å². The Balaban J connectivity index is 1.95. The molecular formula is C16H22N2O. The second-order valence-electron chi connectivity index (χ2n) is 4.99. The molecule has 2 atom stereocenters. The first-order valence-corrected chi connectivity index (χ1v) is 6.91. The van der Waals surface area contributed by atoms with E-state index in [1.165, 1.54) is 5.56 Å². The van der Waals surface area contributed by atoms with Crippen molar-refractivity contribution in [2.75, 3.05) is 0 Å². The zero-order valence-electron chi connectivity index (χ0n) is 11.9. The molecule has 0 saturated heterocycles. The van der Waals surface area contributed by atoms with Gasteiger partial charge in [-0.2, -0.15) is 0 Å². The molecular weight excluding hydrogens is 236 g/mol. The maximum absolute atomic E-state index is 5.57. The Morgan fingerprint density at radius 3 is 2.58 bits per heavy atom. The van der Waals surface area contributed by atoms with Crippen LogP contribution in [-0.2, 0) is 6.42 Å². The van der Waals surface area contributed by atoms with Crippen molar-refractivity contribution in [3.63, 3.8) is 0 Å². The van der Waals surface area contributed by atoms with Crippen molar-refractivity contribution < 1.29 is 4.42 Å². The molecule has 1 heterocycles. The Labute approximate surface area is 115 Å². The molecule has 3 heteroatoms. The zero-order valence-corrected chi connectivity index (χ0v) is 11.9. The van der Waals surface area contributed by atoms with Crippen LogP contribution >= 0.6 is 0 Å². The Bertz CT molecular complexity index is 492. The van der Waals surface area contributed by atoms with E-state index < -0.39 is 0 Å². The molecule has 2 aromatic rings. The quantitative estimate of drug-likeness (QED) is 0.859. The van der Waals surface area contributed by atoms with Crippen LogP contribution in [0.1, 0.15) is 43.5 Å². The van der Waals surface area contributed by atoms with Gasteiger partial charge in [0, 0.05) is 6.04 Å². The van der Waals surface area contributed by atoms with Gasteiger partial charge in [-0.1, -0.05) is 37.3 Å². The van der Waals surface area contributed by atoms with Crippen molar-refractivity contribution in [1.82, 2.24) is 10.3 Å². The third-order valence-corrected chi connectivity index (χ3v) is 3.31. The SMILES string of the molecule is CCC(Cc1ccccc1)NC(C)c1ncc(C)o1. The van der Waals surface area contributed by atoms with Gasteiger partial charge in [0.25, 0.3) is 0 Å². The summed E-state index contributed by atoms with van der Waals surface area (Å²) in [4.78, 5) is 4.28. The lowest BCUT2D eigenvalue weighted by Crippen LogP contribution is -2.33. The first kappa shape index (κ1) is 13.8. The topological polar surface area (TPSA) is 38.1 Å². The van der Waals surface area contributed by atoms with Crippen molar-refractivity contribution in [3.05, 3.63) is 53.7 Å². The van der Waals surface area contributed by atoms with Gasteiger partial charge in [-0.05, 0) is 32.3 Å². The lowest BCUT2D eigenvalue weighted by Gasteiger charge is -2.20. The molecule has 102 valence electrons. The van der Waals surface area contributed by atoms with Gasteiger partial charge in [0.15, 0.2) is 0 Å². The third kappa shape index (κ3) is 3.93. The number of aryl methyl sites for hydroxylation is 1. The molecule has 0 radical (unpaired) electrons. The second-order valence-corrected chi connectivity index (χ2v) is 4.99. The molecule has 0 fully saturated rings. The fraction of sp³-hybridized carbons (Fsp3) is 0.438. The molecule has 19 heavy (non-hydrogen) atoms. The molecule has 0 bridgehead atoms. The normalized spacial score (nSPS) is 14.3. The fourth-order valence-electron chi connectivity index (χ4n) is 2.22. The molecule has 2 unspecified atom stereocenters. The molecule has 0 aliphatic rings. The summed E-state index contributed by atoms with van der Waals surface area (Å²) in [5.41, 5.74) is 1.36. The fourth-order valence-corrected chi connectivity index (χ4v) is 2.22. The third-order valence-electron chi connectivity index (χ3n) is 3.31. The highest BCUT2D eigenvalue weighted by Gasteiger charge is 2.16. The first-order chi connectivity index (χ1) is 9.19. The summed E-state index contributed by atoms with van der Waals surface area (Å²) < 4.78 is 5.57. The van der Waals surface area contributed by atoms with Crippen LogP contribution in [0.25, 0.3) is 0 Å². The second kappa shape index (κ2) is 6.53. The van der Waals surface area contributed by atoms with Crippen LogP contribution in [0.15, 0.2) is 40.9 Å². The molecule has 1 N–H and O–H groups in total. The first-order valence-electron chi connectivity index (χ1n) is 6.91. The maximum atomic E-state index is 5.57. The van der Waals surface area contributed by atoms with Gasteiger partial charge >= 0.3 is 0 Å². The monoisotopic (exact) mass is 258 g/mol. The highest BCUT2D eigenvalue weighted by Crippen LogP contribution is 2.15. The number of nitrogens with zero attached hydrogens (tertiary/aromatic N) is 1. The van der Waals surface area contributed by atoms with Crippen molar-refractivity contribution >= 4 is 0 Å². The lowest BCUT2D eigenvalue weighted by atomic mass is 10.0. The zero-order chi connectivity index (χ0) is 13.7. The molecule has 0 saturated carbocycles. The van der Waals surface area contributed by atoms with Crippen LogP contribution in [0.5, 0.6) is 0 Å². The summed E-state index contributed by atoms with van der Waals surface area (Å²) in [6, 6.07) is 11.1. The van der Waals surface area contributed by atoms with Crippen molar-refractivity contribution in [2.45, 2.75) is 45.7 Å². The minimum atomic E-state index is 0.141. The minimum absolute atomic E-state index is 0.141. The Morgan fingerprint density at radius 2 is 2.00 bits per heavy atom. The summed E-state index contributed by atoms with van der Waals surface area (Å²) in [6.07, 6.45) is 3.88. The Morgan fingerprint density at radius 1 is 1.26 bits per heavy atom. The summed E-state index contributed by atoms with van der Waals surface area (Å²) in [7, 11) is 0. The smallest absolute Gasteiger partial charge is 0.211 e. The van der Waals surface area contributed by atoms with Gasteiger partial charge in [-0.25, -0.2) is 4.98 Å². The number of hydrogen-bond donors (Lipinski definition) is 1. The van der Waals surface area contributed by atoms with Crippen LogP contribution in [0.2, 0.25) is 0 Å². The highest BCUT2D eigenvalue weighted by atomic mass is 16.4. The van der Waals surface area contributed by atoms with Gasteiger partial charge in [0.05, 0.1) is 12.2 Å². The molecule has 1 aromatic heterocycles. The summed E-state index contributed by atoms with van der Waals surface area (Å²) in [5.74, 6) is 1.63. The largest absolute Gasteiger partial charge is 0.444 e. The van der Waals surface area contributed by atoms with E-state index >= 15 is 0 Å². The van der Waals surface area contributed by atoms with Crippen LogP contribution in [0.4, 0.5) is 0 Å². The van der Waals surface area contributed by atoms with Crippen LogP contribution in [0.3, 0.4) is 0 Å².